The molecule has 2 aliphatic rings. The first-order chi connectivity index (χ1) is 23.8. The maximum absolute atomic E-state index is 9.08. The summed E-state index contributed by atoms with van der Waals surface area (Å²) in [5.41, 5.74) is 5.78. The van der Waals surface area contributed by atoms with Crippen molar-refractivity contribution in [3.05, 3.63) is 97.1 Å². The molecule has 0 spiro atoms. The second-order valence-corrected chi connectivity index (χ2v) is 13.9. The zero-order valence-electron chi connectivity index (χ0n) is 28.4. The fourth-order valence-corrected chi connectivity index (χ4v) is 5.46. The molecule has 9 rings (SSSR count). The van der Waals surface area contributed by atoms with Crippen molar-refractivity contribution < 1.29 is 102 Å². The van der Waals surface area contributed by atoms with E-state index in [-0.39, 0.29) is 76.2 Å². The van der Waals surface area contributed by atoms with Crippen molar-refractivity contribution in [3.8, 4) is 45.6 Å². The molecule has 259 valence electrons. The largest absolute Gasteiger partial charge is 2.00 e. The molecule has 2 aliphatic heterocycles. The molecule has 3 aromatic heterocycles. The minimum Gasteiger partial charge on any atom is -0.748 e. The smallest absolute Gasteiger partial charge is 0.748 e. The minimum atomic E-state index is -3.92. The van der Waals surface area contributed by atoms with Gasteiger partial charge in [0.15, 0.2) is 0 Å². The summed E-state index contributed by atoms with van der Waals surface area (Å²) in [7, 11) is -7.83. The standard InChI is InChI=1S/C32H16N8.2CH4O3S.Cu.2Na/c1-2-10-18-17(9-1)25-33-26(18)38-28-21-13-5-6-14-22(21)30(35-28)40-32-24-16-8-7-15-23(24)31(36-32)39-29-20-12-4-3-11-19(20)27(34-29)37-25;2*1-5(2,3)4;;;/h1-16H;2*1H3,(H,2,3,4);;;/q-2;;;+2;2*+1/p-2. The average Bonchev–Trinajstić information content (AvgIpc) is 3.79. The molecule has 4 aromatic carbocycles. The Labute approximate surface area is 358 Å². The maximum atomic E-state index is 9.08. The van der Waals surface area contributed by atoms with Crippen LogP contribution in [0.2, 0.25) is 0 Å². The van der Waals surface area contributed by atoms with Crippen LogP contribution >= 0.6 is 0 Å². The van der Waals surface area contributed by atoms with E-state index < -0.39 is 20.2 Å². The maximum Gasteiger partial charge on any atom is 2.00 e. The third-order valence-electron chi connectivity index (χ3n) is 7.33. The molecule has 0 atom stereocenters. The topological polar surface area (TPSA) is 220 Å². The van der Waals surface area contributed by atoms with Crippen LogP contribution in [0, 0.1) is 0 Å². The third-order valence-corrected chi connectivity index (χ3v) is 7.33. The molecule has 1 radical (unpaired) electrons. The molecule has 0 aliphatic carbocycles. The molecule has 14 nitrogen and oxygen atoms in total. The summed E-state index contributed by atoms with van der Waals surface area (Å²) in [4.78, 5) is 39.3. The predicted molar refractivity (Wildman–Crippen MR) is 185 cm³/mol. The van der Waals surface area contributed by atoms with E-state index in [0.29, 0.717) is 58.4 Å². The van der Waals surface area contributed by atoms with Crippen molar-refractivity contribution in [1.29, 1.82) is 0 Å². The normalized spacial score (nSPS) is 11.2. The molecule has 19 heteroatoms. The zero-order valence-corrected chi connectivity index (χ0v) is 35.0. The second kappa shape index (κ2) is 16.9. The van der Waals surface area contributed by atoms with E-state index in [1.807, 2.05) is 97.1 Å². The van der Waals surface area contributed by atoms with Gasteiger partial charge in [0.2, 0.25) is 0 Å². The fourth-order valence-electron chi connectivity index (χ4n) is 5.46. The van der Waals surface area contributed by atoms with Gasteiger partial charge in [0, 0.05) is 57.4 Å². The monoisotopic (exact) mass is 811 g/mol. The molecule has 53 heavy (non-hydrogen) atoms. The van der Waals surface area contributed by atoms with Gasteiger partial charge < -0.3 is 39.0 Å². The minimum absolute atomic E-state index is 0. The zero-order chi connectivity index (χ0) is 35.2. The molecule has 0 amide bonds. The predicted octanol–water partition coefficient (Wildman–Crippen LogP) is -1.54. The van der Waals surface area contributed by atoms with Crippen molar-refractivity contribution >= 4 is 64.4 Å². The molecule has 7 aromatic rings. The molecule has 0 N–H and O–H groups in total. The fraction of sp³-hybridized carbons (Fsp3) is 0.0588. The summed E-state index contributed by atoms with van der Waals surface area (Å²) in [5.74, 6) is 2.21. The SMILES string of the molecule is CS(=O)(=O)[O-].CS(=O)(=O)[O-].[Cu+2].[Na+].[Na+].c1ccc2c(c1)-c1nc-2nc2[n-]c(nc3nc(nc4[n-]c(n1)c1ccccc41)-c1ccccc1-3)c1ccccc21. The Hall–Kier alpha value is -3.42. The van der Waals surface area contributed by atoms with Gasteiger partial charge in [-0.25, -0.2) is 26.8 Å². The van der Waals surface area contributed by atoms with Crippen molar-refractivity contribution in [2.24, 2.45) is 0 Å². The Morgan fingerprint density at radius 2 is 0.604 bits per heavy atom. The first-order valence-corrected chi connectivity index (χ1v) is 18.3. The van der Waals surface area contributed by atoms with Gasteiger partial charge in [-0.2, -0.15) is 0 Å². The number of rotatable bonds is 0. The summed E-state index contributed by atoms with van der Waals surface area (Å²) in [6.45, 7) is 0. The Kier molecular flexibility index (Phi) is 13.5. The summed E-state index contributed by atoms with van der Waals surface area (Å²) < 4.78 is 54.5. The summed E-state index contributed by atoms with van der Waals surface area (Å²) >= 11 is 0. The number of benzene rings is 4. The number of hydrogen-bond acceptors (Lipinski definition) is 12. The van der Waals surface area contributed by atoms with Gasteiger partial charge in [-0.15, -0.1) is 0 Å². The quantitative estimate of drug-likeness (QED) is 0.125. The van der Waals surface area contributed by atoms with Crippen molar-refractivity contribution in [3.63, 3.8) is 0 Å². The summed E-state index contributed by atoms with van der Waals surface area (Å²) in [6, 6.07) is 31.8. The Bertz CT molecular complexity index is 2520. The molecule has 0 fully saturated rings. The van der Waals surface area contributed by atoms with Gasteiger partial charge in [-0.05, 0) is 21.5 Å². The van der Waals surface area contributed by atoms with E-state index in [2.05, 4.69) is 0 Å². The Morgan fingerprint density at radius 3 is 0.811 bits per heavy atom. The van der Waals surface area contributed by atoms with Gasteiger partial charge >= 0.3 is 76.2 Å². The van der Waals surface area contributed by atoms with Crippen LogP contribution < -0.4 is 69.1 Å². The van der Waals surface area contributed by atoms with Gasteiger partial charge in [0.25, 0.3) is 0 Å². The van der Waals surface area contributed by atoms with Gasteiger partial charge in [0.1, 0.15) is 0 Å². The first-order valence-electron chi connectivity index (χ1n) is 14.7. The molecule has 0 saturated carbocycles. The van der Waals surface area contributed by atoms with Crippen LogP contribution in [0.3, 0.4) is 0 Å². The van der Waals surface area contributed by atoms with Crippen molar-refractivity contribution in [1.82, 2.24) is 39.9 Å². The molecule has 5 heterocycles. The molecule has 8 bridgehead atoms. The van der Waals surface area contributed by atoms with E-state index in [9.17, 15) is 0 Å². The molecule has 0 saturated heterocycles. The van der Waals surface area contributed by atoms with Crippen LogP contribution in [-0.2, 0) is 37.3 Å². The van der Waals surface area contributed by atoms with Crippen molar-refractivity contribution in [2.45, 2.75) is 0 Å². The summed E-state index contributed by atoms with van der Waals surface area (Å²) in [5, 5.41) is 3.57. The Balaban J connectivity index is 0.000000432. The van der Waals surface area contributed by atoms with Gasteiger partial charge in [0.05, 0.1) is 43.5 Å². The van der Waals surface area contributed by atoms with E-state index in [4.69, 9.17) is 65.8 Å². The molecule has 0 unspecified atom stereocenters. The van der Waals surface area contributed by atoms with Gasteiger partial charge in [-0.1, -0.05) is 97.1 Å². The van der Waals surface area contributed by atoms with E-state index in [0.717, 1.165) is 43.8 Å². The Morgan fingerprint density at radius 1 is 0.415 bits per heavy atom. The van der Waals surface area contributed by atoms with Crippen LogP contribution in [-0.4, -0.2) is 68.4 Å². The number of fused-ring (bicyclic) bond motifs is 20. The third kappa shape index (κ3) is 9.64. The van der Waals surface area contributed by atoms with Gasteiger partial charge in [-0.3, -0.25) is 0 Å². The van der Waals surface area contributed by atoms with Crippen LogP contribution in [0.4, 0.5) is 0 Å². The summed E-state index contributed by atoms with van der Waals surface area (Å²) in [6.07, 6.45) is 1.21. The number of nitrogens with zero attached hydrogens (tertiary/aromatic N) is 8. The molecular weight excluding hydrogens is 790 g/mol. The van der Waals surface area contributed by atoms with Crippen LogP contribution in [0.15, 0.2) is 97.1 Å². The van der Waals surface area contributed by atoms with Crippen molar-refractivity contribution in [2.75, 3.05) is 12.5 Å². The van der Waals surface area contributed by atoms with E-state index in [1.165, 1.54) is 0 Å². The van der Waals surface area contributed by atoms with E-state index >= 15 is 0 Å². The second-order valence-electron chi connectivity index (χ2n) is 11.1. The van der Waals surface area contributed by atoms with Crippen LogP contribution in [0.5, 0.6) is 0 Å². The van der Waals surface area contributed by atoms with E-state index in [1.54, 1.807) is 0 Å². The number of aromatic nitrogens is 8. The van der Waals surface area contributed by atoms with Crippen LogP contribution in [0.1, 0.15) is 0 Å². The molecular formula is C34H22CuN8Na2O6S2. The average molecular weight is 812 g/mol. The van der Waals surface area contributed by atoms with Crippen LogP contribution in [0.25, 0.3) is 89.7 Å². The first kappa shape index (κ1) is 42.3. The number of hydrogen-bond donors (Lipinski definition) is 0.